The van der Waals surface area contributed by atoms with Crippen molar-refractivity contribution in [3.05, 3.63) is 23.9 Å². The fraction of sp³-hybridized carbons (Fsp3) is 0.667. The summed E-state index contributed by atoms with van der Waals surface area (Å²) in [7, 11) is 1.67. The number of halogens is 3. The van der Waals surface area contributed by atoms with Gasteiger partial charge in [-0.3, -0.25) is 9.89 Å². The number of piperazine rings is 1. The molecule has 1 N–H and O–H groups in total. The molecule has 0 spiro atoms. The van der Waals surface area contributed by atoms with E-state index < -0.39 is 12.2 Å². The summed E-state index contributed by atoms with van der Waals surface area (Å²) in [6, 6.07) is 2.35. The van der Waals surface area contributed by atoms with Crippen LogP contribution in [0.1, 0.15) is 25.8 Å². The molecule has 2 rings (SSSR count). The summed E-state index contributed by atoms with van der Waals surface area (Å²) in [5, 5.41) is 3.26. The monoisotopic (exact) mass is 387 g/mol. The number of guanidine groups is 1. The quantitative estimate of drug-likeness (QED) is 0.601. The van der Waals surface area contributed by atoms with Crippen LogP contribution in [-0.4, -0.2) is 72.8 Å². The summed E-state index contributed by atoms with van der Waals surface area (Å²) in [5.74, 6) is 1.26. The van der Waals surface area contributed by atoms with Crippen molar-refractivity contribution in [2.75, 3.05) is 39.8 Å². The standard InChI is InChI=1S/C18H28F3N5O/c1-4-12-27-16-15(6-5-7-23-16)13-24-17(22-3)26-10-8-25(9-11-26)14(2)18(19,20)21/h5-7,14H,4,8-13H2,1-3H3,(H,22,24). The molecule has 2 heterocycles. The predicted octanol–water partition coefficient (Wildman–Crippen LogP) is 2.51. The molecule has 1 unspecified atom stereocenters. The second-order valence-electron chi connectivity index (χ2n) is 6.46. The zero-order valence-electron chi connectivity index (χ0n) is 16.1. The van der Waals surface area contributed by atoms with Crippen LogP contribution >= 0.6 is 0 Å². The molecule has 9 heteroatoms. The van der Waals surface area contributed by atoms with Crippen LogP contribution in [-0.2, 0) is 6.54 Å². The molecule has 1 atom stereocenters. The van der Waals surface area contributed by atoms with Crippen molar-refractivity contribution in [1.82, 2.24) is 20.1 Å². The van der Waals surface area contributed by atoms with Crippen LogP contribution in [0.4, 0.5) is 13.2 Å². The van der Waals surface area contributed by atoms with E-state index in [1.807, 2.05) is 24.0 Å². The maximum Gasteiger partial charge on any atom is 0.403 e. The van der Waals surface area contributed by atoms with E-state index >= 15 is 0 Å². The van der Waals surface area contributed by atoms with E-state index in [4.69, 9.17) is 4.74 Å². The van der Waals surface area contributed by atoms with E-state index in [1.54, 1.807) is 13.2 Å². The van der Waals surface area contributed by atoms with Crippen molar-refractivity contribution in [1.29, 1.82) is 0 Å². The number of rotatable bonds is 6. The highest BCUT2D eigenvalue weighted by molar-refractivity contribution is 5.80. The average molecular weight is 387 g/mol. The van der Waals surface area contributed by atoms with Gasteiger partial charge in [-0.25, -0.2) is 4.98 Å². The minimum absolute atomic E-state index is 0.346. The van der Waals surface area contributed by atoms with Crippen molar-refractivity contribution < 1.29 is 17.9 Å². The summed E-state index contributed by atoms with van der Waals surface area (Å²) >= 11 is 0. The lowest BCUT2D eigenvalue weighted by atomic mass is 10.2. The Labute approximate surface area is 158 Å². The SMILES string of the molecule is CCCOc1ncccc1CNC(=NC)N1CCN(C(C)C(F)(F)F)CC1. The molecule has 1 aromatic heterocycles. The fourth-order valence-electron chi connectivity index (χ4n) is 2.92. The van der Waals surface area contributed by atoms with Gasteiger partial charge in [-0.1, -0.05) is 13.0 Å². The Kier molecular flexibility index (Phi) is 7.70. The van der Waals surface area contributed by atoms with Gasteiger partial charge in [-0.15, -0.1) is 0 Å². The van der Waals surface area contributed by atoms with Crippen LogP contribution in [0.25, 0.3) is 0 Å². The number of alkyl halides is 3. The summed E-state index contributed by atoms with van der Waals surface area (Å²) in [6.07, 6.45) is -1.62. The lowest BCUT2D eigenvalue weighted by Gasteiger charge is -2.39. The van der Waals surface area contributed by atoms with Gasteiger partial charge in [0.25, 0.3) is 0 Å². The largest absolute Gasteiger partial charge is 0.477 e. The highest BCUT2D eigenvalue weighted by atomic mass is 19.4. The molecular weight excluding hydrogens is 359 g/mol. The van der Waals surface area contributed by atoms with Crippen molar-refractivity contribution in [3.8, 4) is 5.88 Å². The highest BCUT2D eigenvalue weighted by Gasteiger charge is 2.41. The van der Waals surface area contributed by atoms with E-state index in [0.717, 1.165) is 12.0 Å². The first kappa shape index (κ1) is 21.3. The normalized spacial score (nSPS) is 17.7. The third-order valence-corrected chi connectivity index (χ3v) is 4.58. The van der Waals surface area contributed by atoms with Gasteiger partial charge in [0, 0.05) is 51.5 Å². The molecule has 0 aromatic carbocycles. The van der Waals surface area contributed by atoms with Crippen molar-refractivity contribution in [2.45, 2.75) is 39.0 Å². The second kappa shape index (κ2) is 9.77. The number of nitrogens with zero attached hydrogens (tertiary/aromatic N) is 4. The number of aliphatic imine (C=N–C) groups is 1. The Morgan fingerprint density at radius 2 is 2.04 bits per heavy atom. The Balaban J connectivity index is 1.90. The van der Waals surface area contributed by atoms with Gasteiger partial charge < -0.3 is 15.0 Å². The molecule has 1 aliphatic rings. The molecule has 0 bridgehead atoms. The Bertz CT molecular complexity index is 615. The van der Waals surface area contributed by atoms with Crippen molar-refractivity contribution >= 4 is 5.96 Å². The van der Waals surface area contributed by atoms with Crippen LogP contribution in [0.5, 0.6) is 5.88 Å². The number of nitrogens with one attached hydrogen (secondary N) is 1. The Morgan fingerprint density at radius 3 is 2.63 bits per heavy atom. The zero-order valence-corrected chi connectivity index (χ0v) is 16.1. The summed E-state index contributed by atoms with van der Waals surface area (Å²) in [5.41, 5.74) is 0.913. The van der Waals surface area contributed by atoms with Gasteiger partial charge in [-0.2, -0.15) is 13.2 Å². The van der Waals surface area contributed by atoms with Crippen molar-refractivity contribution in [3.63, 3.8) is 0 Å². The molecule has 27 heavy (non-hydrogen) atoms. The van der Waals surface area contributed by atoms with Crippen LogP contribution in [0, 0.1) is 0 Å². The van der Waals surface area contributed by atoms with Gasteiger partial charge in [-0.05, 0) is 19.4 Å². The molecular formula is C18H28F3N5O. The molecule has 0 aliphatic carbocycles. The van der Waals surface area contributed by atoms with Gasteiger partial charge in [0.2, 0.25) is 5.88 Å². The molecule has 0 radical (unpaired) electrons. The van der Waals surface area contributed by atoms with Gasteiger partial charge in [0.15, 0.2) is 5.96 Å². The number of aromatic nitrogens is 1. The van der Waals surface area contributed by atoms with E-state index in [0.29, 0.717) is 51.2 Å². The summed E-state index contributed by atoms with van der Waals surface area (Å²) in [6.45, 7) is 6.00. The van der Waals surface area contributed by atoms with Crippen molar-refractivity contribution in [2.24, 2.45) is 4.99 Å². The molecule has 1 fully saturated rings. The summed E-state index contributed by atoms with van der Waals surface area (Å²) < 4.78 is 44.3. The average Bonchev–Trinajstić information content (AvgIpc) is 2.66. The molecule has 1 aliphatic heterocycles. The number of pyridine rings is 1. The second-order valence-corrected chi connectivity index (χ2v) is 6.46. The third-order valence-electron chi connectivity index (χ3n) is 4.58. The Hall–Kier alpha value is -2.03. The minimum atomic E-state index is -4.20. The van der Waals surface area contributed by atoms with E-state index in [1.165, 1.54) is 11.8 Å². The molecule has 1 saturated heterocycles. The molecule has 6 nitrogen and oxygen atoms in total. The molecule has 1 aromatic rings. The molecule has 0 amide bonds. The van der Waals surface area contributed by atoms with E-state index in [2.05, 4.69) is 15.3 Å². The smallest absolute Gasteiger partial charge is 0.403 e. The number of hydrogen-bond donors (Lipinski definition) is 1. The maximum absolute atomic E-state index is 12.9. The topological polar surface area (TPSA) is 53.0 Å². The third kappa shape index (κ3) is 5.98. The fourth-order valence-corrected chi connectivity index (χ4v) is 2.92. The van der Waals surface area contributed by atoms with Crippen LogP contribution in [0.15, 0.2) is 23.3 Å². The van der Waals surface area contributed by atoms with E-state index in [9.17, 15) is 13.2 Å². The first-order chi connectivity index (χ1) is 12.9. The van der Waals surface area contributed by atoms with E-state index in [-0.39, 0.29) is 0 Å². The molecule has 152 valence electrons. The molecule has 0 saturated carbocycles. The minimum Gasteiger partial charge on any atom is -0.477 e. The first-order valence-corrected chi connectivity index (χ1v) is 9.19. The lowest BCUT2D eigenvalue weighted by Crippen LogP contribution is -2.56. The summed E-state index contributed by atoms with van der Waals surface area (Å²) in [4.78, 5) is 12.0. The zero-order chi connectivity index (χ0) is 19.9. The maximum atomic E-state index is 12.9. The first-order valence-electron chi connectivity index (χ1n) is 9.19. The van der Waals surface area contributed by atoms with Gasteiger partial charge >= 0.3 is 6.18 Å². The lowest BCUT2D eigenvalue weighted by molar-refractivity contribution is -0.181. The van der Waals surface area contributed by atoms with Crippen LogP contribution < -0.4 is 10.1 Å². The van der Waals surface area contributed by atoms with Gasteiger partial charge in [0.05, 0.1) is 6.61 Å². The van der Waals surface area contributed by atoms with Crippen LogP contribution in [0.2, 0.25) is 0 Å². The highest BCUT2D eigenvalue weighted by Crippen LogP contribution is 2.25. The number of hydrogen-bond acceptors (Lipinski definition) is 4. The number of ether oxygens (including phenoxy) is 1. The Morgan fingerprint density at radius 1 is 1.33 bits per heavy atom. The predicted molar refractivity (Wildman–Crippen MR) is 98.9 cm³/mol. The van der Waals surface area contributed by atoms with Gasteiger partial charge in [0.1, 0.15) is 6.04 Å². The van der Waals surface area contributed by atoms with Crippen LogP contribution in [0.3, 0.4) is 0 Å².